The van der Waals surface area contributed by atoms with Gasteiger partial charge in [-0.15, -0.1) is 0 Å². The Kier molecular flexibility index (Phi) is 4.96. The first-order valence-corrected chi connectivity index (χ1v) is 8.05. The van der Waals surface area contributed by atoms with Crippen LogP contribution >= 0.6 is 0 Å². The highest BCUT2D eigenvalue weighted by Crippen LogP contribution is 2.16. The molecule has 0 aromatic carbocycles. The molecule has 1 aliphatic rings. The number of nitrogens with two attached hydrogens (primary N) is 1. The third kappa shape index (κ3) is 4.02. The van der Waals surface area contributed by atoms with Crippen LogP contribution in [0.5, 0.6) is 0 Å². The number of aromatic nitrogens is 1. The van der Waals surface area contributed by atoms with Crippen molar-refractivity contribution < 1.29 is 9.21 Å². The molecule has 3 heterocycles. The maximum absolute atomic E-state index is 11.3. The minimum Gasteiger partial charge on any atom is -0.465 e. The summed E-state index contributed by atoms with van der Waals surface area (Å²) in [4.78, 5) is 20.2. The fourth-order valence-electron chi connectivity index (χ4n) is 2.89. The van der Waals surface area contributed by atoms with Gasteiger partial charge in [-0.2, -0.15) is 0 Å². The molecule has 0 unspecified atom stereocenters. The Labute approximate surface area is 141 Å². The molecule has 126 valence electrons. The van der Waals surface area contributed by atoms with Gasteiger partial charge in [-0.1, -0.05) is 5.57 Å². The van der Waals surface area contributed by atoms with Crippen molar-refractivity contribution in [3.05, 3.63) is 53.6 Å². The Hall–Kier alpha value is -2.60. The van der Waals surface area contributed by atoms with Gasteiger partial charge in [-0.25, -0.2) is 4.98 Å². The first-order chi connectivity index (χ1) is 11.6. The maximum Gasteiger partial charge on any atom is 0.248 e. The van der Waals surface area contributed by atoms with E-state index in [1.807, 2.05) is 12.1 Å². The Bertz CT molecular complexity index is 716. The van der Waals surface area contributed by atoms with E-state index in [0.29, 0.717) is 5.56 Å². The lowest BCUT2D eigenvalue weighted by atomic mass is 10.2. The van der Waals surface area contributed by atoms with Crippen molar-refractivity contribution in [3.63, 3.8) is 0 Å². The van der Waals surface area contributed by atoms with Crippen LogP contribution in [-0.2, 0) is 0 Å². The molecule has 3 rings (SSSR count). The molecule has 0 bridgehead atoms. The number of rotatable bonds is 5. The molecule has 2 N–H and O–H groups in total. The summed E-state index contributed by atoms with van der Waals surface area (Å²) in [6.45, 7) is 6.69. The summed E-state index contributed by atoms with van der Waals surface area (Å²) in [6, 6.07) is 7.26. The van der Waals surface area contributed by atoms with Gasteiger partial charge in [0.1, 0.15) is 11.6 Å². The first-order valence-electron chi connectivity index (χ1n) is 8.05. The van der Waals surface area contributed by atoms with Gasteiger partial charge in [-0.3, -0.25) is 9.69 Å². The Morgan fingerprint density at radius 1 is 1.33 bits per heavy atom. The van der Waals surface area contributed by atoms with Crippen molar-refractivity contribution in [2.75, 3.05) is 37.6 Å². The largest absolute Gasteiger partial charge is 0.465 e. The van der Waals surface area contributed by atoms with E-state index in [4.69, 9.17) is 10.2 Å². The van der Waals surface area contributed by atoms with Crippen LogP contribution in [0.25, 0.3) is 6.08 Å². The van der Waals surface area contributed by atoms with E-state index in [1.165, 1.54) is 5.57 Å². The number of hydrogen-bond acceptors (Lipinski definition) is 5. The molecule has 1 aliphatic heterocycles. The quantitative estimate of drug-likeness (QED) is 0.909. The van der Waals surface area contributed by atoms with Crippen LogP contribution < -0.4 is 10.6 Å². The average molecular weight is 326 g/mol. The van der Waals surface area contributed by atoms with Gasteiger partial charge in [-0.05, 0) is 37.3 Å². The van der Waals surface area contributed by atoms with Crippen LogP contribution in [0, 0.1) is 0 Å². The number of nitrogens with zero attached hydrogens (tertiary/aromatic N) is 3. The van der Waals surface area contributed by atoms with E-state index in [0.717, 1.165) is 44.3 Å². The second-order valence-corrected chi connectivity index (χ2v) is 6.04. The highest BCUT2D eigenvalue weighted by molar-refractivity contribution is 5.93. The minimum atomic E-state index is -0.420. The van der Waals surface area contributed by atoms with Crippen LogP contribution in [0.4, 0.5) is 5.82 Å². The van der Waals surface area contributed by atoms with Crippen LogP contribution in [0.1, 0.15) is 23.0 Å². The van der Waals surface area contributed by atoms with Crippen LogP contribution in [0.15, 0.2) is 46.7 Å². The molecule has 0 atom stereocenters. The highest BCUT2D eigenvalue weighted by atomic mass is 16.3. The number of carbonyl (C=O) groups excluding carboxylic acids is 1. The van der Waals surface area contributed by atoms with E-state index in [1.54, 1.807) is 24.6 Å². The van der Waals surface area contributed by atoms with Gasteiger partial charge >= 0.3 is 0 Å². The van der Waals surface area contributed by atoms with Crippen molar-refractivity contribution in [2.24, 2.45) is 5.73 Å². The predicted octanol–water partition coefficient (Wildman–Crippen LogP) is 2.00. The molecule has 2 aromatic heterocycles. The standard InChI is InChI=1S/C18H22N4O2/c1-14(11-16-3-2-10-24-16)13-21-6-8-22(9-7-21)17-12-15(18(19)23)4-5-20-17/h2-5,10-12H,6-9,13H2,1H3,(H2,19,23)/b14-11+. The predicted molar refractivity (Wildman–Crippen MR) is 93.8 cm³/mol. The summed E-state index contributed by atoms with van der Waals surface area (Å²) in [5.74, 6) is 1.28. The third-order valence-corrected chi connectivity index (χ3v) is 4.13. The Balaban J connectivity index is 1.56. The molecule has 0 spiro atoms. The molecular formula is C18H22N4O2. The van der Waals surface area contributed by atoms with Gasteiger partial charge in [0.2, 0.25) is 5.91 Å². The molecule has 1 fully saturated rings. The maximum atomic E-state index is 11.3. The van der Waals surface area contributed by atoms with Crippen molar-refractivity contribution in [2.45, 2.75) is 6.92 Å². The van der Waals surface area contributed by atoms with Gasteiger partial charge < -0.3 is 15.1 Å². The van der Waals surface area contributed by atoms with Crippen molar-refractivity contribution in [3.8, 4) is 0 Å². The number of amides is 1. The zero-order valence-electron chi connectivity index (χ0n) is 13.8. The summed E-state index contributed by atoms with van der Waals surface area (Å²) in [7, 11) is 0. The van der Waals surface area contributed by atoms with Crippen molar-refractivity contribution in [1.82, 2.24) is 9.88 Å². The average Bonchev–Trinajstić information content (AvgIpc) is 3.08. The summed E-state index contributed by atoms with van der Waals surface area (Å²) in [6.07, 6.45) is 5.40. The van der Waals surface area contributed by atoms with E-state index >= 15 is 0 Å². The minimum absolute atomic E-state index is 0.420. The van der Waals surface area contributed by atoms with E-state index < -0.39 is 5.91 Å². The molecular weight excluding hydrogens is 304 g/mol. The third-order valence-electron chi connectivity index (χ3n) is 4.13. The normalized spacial score (nSPS) is 16.4. The van der Waals surface area contributed by atoms with Crippen LogP contribution in [-0.4, -0.2) is 48.5 Å². The molecule has 0 saturated carbocycles. The Morgan fingerprint density at radius 3 is 2.79 bits per heavy atom. The second-order valence-electron chi connectivity index (χ2n) is 6.04. The monoisotopic (exact) mass is 326 g/mol. The first kappa shape index (κ1) is 16.3. The van der Waals surface area contributed by atoms with Crippen molar-refractivity contribution in [1.29, 1.82) is 0 Å². The molecule has 24 heavy (non-hydrogen) atoms. The van der Waals surface area contributed by atoms with Gasteiger partial charge in [0, 0.05) is 44.5 Å². The van der Waals surface area contributed by atoms with E-state index in [9.17, 15) is 4.79 Å². The lowest BCUT2D eigenvalue weighted by Crippen LogP contribution is -2.47. The zero-order valence-corrected chi connectivity index (χ0v) is 13.8. The number of anilines is 1. The highest BCUT2D eigenvalue weighted by Gasteiger charge is 2.18. The molecule has 0 radical (unpaired) electrons. The van der Waals surface area contributed by atoms with Gasteiger partial charge in [0.15, 0.2) is 0 Å². The molecule has 6 nitrogen and oxygen atoms in total. The zero-order chi connectivity index (χ0) is 16.9. The fraction of sp³-hybridized carbons (Fsp3) is 0.333. The molecule has 1 saturated heterocycles. The van der Waals surface area contributed by atoms with Crippen molar-refractivity contribution >= 4 is 17.8 Å². The number of primary amides is 1. The lowest BCUT2D eigenvalue weighted by Gasteiger charge is -2.35. The summed E-state index contributed by atoms with van der Waals surface area (Å²) in [5.41, 5.74) is 7.11. The fourth-order valence-corrected chi connectivity index (χ4v) is 2.89. The number of pyridine rings is 1. The lowest BCUT2D eigenvalue weighted by molar-refractivity contribution is 0.1000. The smallest absolute Gasteiger partial charge is 0.248 e. The van der Waals surface area contributed by atoms with E-state index in [-0.39, 0.29) is 0 Å². The number of furan rings is 1. The van der Waals surface area contributed by atoms with Crippen LogP contribution in [0.3, 0.4) is 0 Å². The number of carbonyl (C=O) groups is 1. The SMILES string of the molecule is C/C(=C\c1ccco1)CN1CCN(c2cc(C(N)=O)ccn2)CC1. The number of hydrogen-bond donors (Lipinski definition) is 1. The van der Waals surface area contributed by atoms with Crippen LogP contribution in [0.2, 0.25) is 0 Å². The summed E-state index contributed by atoms with van der Waals surface area (Å²) >= 11 is 0. The topological polar surface area (TPSA) is 75.6 Å². The van der Waals surface area contributed by atoms with Gasteiger partial charge in [0.25, 0.3) is 0 Å². The van der Waals surface area contributed by atoms with Gasteiger partial charge in [0.05, 0.1) is 6.26 Å². The molecule has 2 aromatic rings. The second kappa shape index (κ2) is 7.31. The number of piperazine rings is 1. The van der Waals surface area contributed by atoms with E-state index in [2.05, 4.69) is 27.8 Å². The molecule has 6 heteroatoms. The Morgan fingerprint density at radius 2 is 2.12 bits per heavy atom. The molecule has 1 amide bonds. The summed E-state index contributed by atoms with van der Waals surface area (Å²) in [5, 5.41) is 0. The summed E-state index contributed by atoms with van der Waals surface area (Å²) < 4.78 is 5.35. The molecule has 0 aliphatic carbocycles.